The number of hydrogen-bond acceptors (Lipinski definition) is 4. The molecule has 3 N–H and O–H groups in total. The summed E-state index contributed by atoms with van der Waals surface area (Å²) in [5.74, 6) is 0.750. The van der Waals surface area contributed by atoms with Gasteiger partial charge in [0, 0.05) is 16.3 Å². The summed E-state index contributed by atoms with van der Waals surface area (Å²) < 4.78 is 0. The highest BCUT2D eigenvalue weighted by Gasteiger charge is 2.07. The zero-order valence-corrected chi connectivity index (χ0v) is 11.6. The van der Waals surface area contributed by atoms with Gasteiger partial charge in [-0.05, 0) is 23.6 Å². The van der Waals surface area contributed by atoms with Crippen LogP contribution in [0.1, 0.15) is 5.56 Å². The molecule has 3 rings (SSSR count). The van der Waals surface area contributed by atoms with Crippen molar-refractivity contribution in [2.75, 3.05) is 5.32 Å². The van der Waals surface area contributed by atoms with Crippen molar-refractivity contribution in [3.63, 3.8) is 0 Å². The van der Waals surface area contributed by atoms with E-state index in [1.165, 1.54) is 0 Å². The number of thiophene rings is 1. The predicted octanol–water partition coefficient (Wildman–Crippen LogP) is 3.67. The summed E-state index contributed by atoms with van der Waals surface area (Å²) in [4.78, 5) is 4.95. The van der Waals surface area contributed by atoms with Crippen molar-refractivity contribution in [1.82, 2.24) is 4.98 Å². The average Bonchev–Trinajstić information content (AvgIpc) is 2.90. The Morgan fingerprint density at radius 3 is 2.84 bits per heavy atom. The molecule has 0 saturated heterocycles. The Hall–Kier alpha value is -1.98. The molecule has 2 heterocycles. The molecular weight excluding hydrogens is 274 g/mol. The van der Waals surface area contributed by atoms with E-state index >= 15 is 0 Å². The Morgan fingerprint density at radius 1 is 1.26 bits per heavy atom. The number of aromatic nitrogens is 1. The second-order valence-electron chi connectivity index (χ2n) is 4.07. The van der Waals surface area contributed by atoms with Crippen LogP contribution in [0.15, 0.2) is 47.2 Å². The molecule has 3 nitrogen and oxygen atoms in total. The first-order valence-corrected chi connectivity index (χ1v) is 7.08. The summed E-state index contributed by atoms with van der Waals surface area (Å²) in [5, 5.41) is 8.27. The lowest BCUT2D eigenvalue weighted by molar-refractivity contribution is 1.37. The summed E-state index contributed by atoms with van der Waals surface area (Å²) in [5.41, 5.74) is 8.54. The van der Waals surface area contributed by atoms with E-state index in [0.717, 1.165) is 28.0 Å². The van der Waals surface area contributed by atoms with Gasteiger partial charge in [0.25, 0.3) is 0 Å². The fourth-order valence-electron chi connectivity index (χ4n) is 1.93. The number of nitrogens with two attached hydrogens (primary N) is 1. The van der Waals surface area contributed by atoms with E-state index in [9.17, 15) is 0 Å². The van der Waals surface area contributed by atoms with E-state index in [0.29, 0.717) is 4.99 Å². The summed E-state index contributed by atoms with van der Waals surface area (Å²) in [6.07, 6.45) is 0. The van der Waals surface area contributed by atoms with Crippen molar-refractivity contribution >= 4 is 51.0 Å². The second kappa shape index (κ2) is 4.95. The topological polar surface area (TPSA) is 50.9 Å². The third-order valence-electron chi connectivity index (χ3n) is 2.78. The van der Waals surface area contributed by atoms with Gasteiger partial charge in [-0.15, -0.1) is 0 Å². The maximum atomic E-state index is 5.80. The highest BCUT2D eigenvalue weighted by atomic mass is 32.1. The lowest BCUT2D eigenvalue weighted by atomic mass is 10.1. The van der Waals surface area contributed by atoms with Crippen LogP contribution >= 0.6 is 23.6 Å². The van der Waals surface area contributed by atoms with Crippen molar-refractivity contribution in [3.05, 3.63) is 52.7 Å². The molecule has 0 fully saturated rings. The van der Waals surface area contributed by atoms with Crippen LogP contribution in [0.25, 0.3) is 10.9 Å². The summed E-state index contributed by atoms with van der Waals surface area (Å²) in [6, 6.07) is 11.7. The molecule has 3 aromatic rings. The van der Waals surface area contributed by atoms with Gasteiger partial charge >= 0.3 is 0 Å². The van der Waals surface area contributed by atoms with Gasteiger partial charge in [-0.3, -0.25) is 0 Å². The minimum absolute atomic E-state index is 0.381. The Bertz CT molecular complexity index is 736. The van der Waals surface area contributed by atoms with Crippen LogP contribution in [0, 0.1) is 0 Å². The van der Waals surface area contributed by atoms with Crippen LogP contribution in [0.2, 0.25) is 0 Å². The number of para-hydroxylation sites is 1. The van der Waals surface area contributed by atoms with Crippen LogP contribution in [0.4, 0.5) is 11.5 Å². The van der Waals surface area contributed by atoms with E-state index in [1.54, 1.807) is 11.3 Å². The van der Waals surface area contributed by atoms with Crippen molar-refractivity contribution in [2.45, 2.75) is 0 Å². The Kier molecular flexibility index (Phi) is 3.15. The first kappa shape index (κ1) is 12.1. The first-order valence-electron chi connectivity index (χ1n) is 5.73. The van der Waals surface area contributed by atoms with Gasteiger partial charge in [-0.25, -0.2) is 4.98 Å². The molecule has 94 valence electrons. The minimum Gasteiger partial charge on any atom is -0.389 e. The zero-order valence-electron chi connectivity index (χ0n) is 9.96. The van der Waals surface area contributed by atoms with Crippen LogP contribution in [0.5, 0.6) is 0 Å². The lowest BCUT2D eigenvalue weighted by Crippen LogP contribution is -2.11. The molecule has 19 heavy (non-hydrogen) atoms. The molecule has 0 bridgehead atoms. The molecule has 0 aliphatic carbocycles. The zero-order chi connectivity index (χ0) is 13.2. The molecule has 5 heteroatoms. The number of thiocarbonyl (C=S) groups is 1. The SMILES string of the molecule is NC(=S)c1cc(Nc2ccsc2)nc2ccccc12. The van der Waals surface area contributed by atoms with E-state index < -0.39 is 0 Å². The number of nitrogens with one attached hydrogen (secondary N) is 1. The number of rotatable bonds is 3. The molecule has 0 radical (unpaired) electrons. The molecule has 0 aliphatic rings. The molecular formula is C14H11N3S2. The molecule has 0 atom stereocenters. The largest absolute Gasteiger partial charge is 0.389 e. The summed E-state index contributed by atoms with van der Waals surface area (Å²) in [6.45, 7) is 0. The van der Waals surface area contributed by atoms with Crippen LogP contribution in [-0.4, -0.2) is 9.97 Å². The fourth-order valence-corrected chi connectivity index (χ4v) is 2.68. The van der Waals surface area contributed by atoms with E-state index in [2.05, 4.69) is 10.3 Å². The standard InChI is InChI=1S/C14H11N3S2/c15-14(18)11-7-13(16-9-5-6-19-8-9)17-12-4-2-1-3-10(11)12/h1-8H,(H2,15,18)(H,16,17). The van der Waals surface area contributed by atoms with Crippen LogP contribution in [-0.2, 0) is 0 Å². The molecule has 0 spiro atoms. The van der Waals surface area contributed by atoms with E-state index in [-0.39, 0.29) is 0 Å². The fraction of sp³-hybridized carbons (Fsp3) is 0. The third kappa shape index (κ3) is 2.43. The van der Waals surface area contributed by atoms with Crippen LogP contribution < -0.4 is 11.1 Å². The number of pyridine rings is 1. The molecule has 0 aliphatic heterocycles. The Labute approximate surface area is 120 Å². The highest BCUT2D eigenvalue weighted by Crippen LogP contribution is 2.24. The van der Waals surface area contributed by atoms with Gasteiger partial charge in [-0.1, -0.05) is 30.4 Å². The Morgan fingerprint density at radius 2 is 2.11 bits per heavy atom. The third-order valence-corrected chi connectivity index (χ3v) is 3.68. The van der Waals surface area contributed by atoms with Crippen molar-refractivity contribution in [1.29, 1.82) is 0 Å². The quantitative estimate of drug-likeness (QED) is 0.721. The second-order valence-corrected chi connectivity index (χ2v) is 5.29. The molecule has 0 amide bonds. The maximum absolute atomic E-state index is 5.80. The Balaban J connectivity index is 2.13. The smallest absolute Gasteiger partial charge is 0.131 e. The van der Waals surface area contributed by atoms with Crippen molar-refractivity contribution < 1.29 is 0 Å². The minimum atomic E-state index is 0.381. The number of benzene rings is 1. The van der Waals surface area contributed by atoms with Gasteiger partial charge in [0.15, 0.2) is 0 Å². The maximum Gasteiger partial charge on any atom is 0.131 e. The first-order chi connectivity index (χ1) is 9.24. The van der Waals surface area contributed by atoms with Gasteiger partial charge in [-0.2, -0.15) is 11.3 Å². The summed E-state index contributed by atoms with van der Waals surface area (Å²) in [7, 11) is 0. The predicted molar refractivity (Wildman–Crippen MR) is 85.2 cm³/mol. The van der Waals surface area contributed by atoms with Gasteiger partial charge in [0.05, 0.1) is 11.2 Å². The van der Waals surface area contributed by atoms with Crippen molar-refractivity contribution in [2.24, 2.45) is 5.73 Å². The van der Waals surface area contributed by atoms with Gasteiger partial charge < -0.3 is 11.1 Å². The van der Waals surface area contributed by atoms with E-state index in [4.69, 9.17) is 18.0 Å². The van der Waals surface area contributed by atoms with Crippen molar-refractivity contribution in [3.8, 4) is 0 Å². The number of anilines is 2. The molecule has 0 saturated carbocycles. The van der Waals surface area contributed by atoms with Gasteiger partial charge in [0.1, 0.15) is 10.8 Å². The molecule has 1 aromatic carbocycles. The number of nitrogens with zero attached hydrogens (tertiary/aromatic N) is 1. The lowest BCUT2D eigenvalue weighted by Gasteiger charge is -2.09. The number of fused-ring (bicyclic) bond motifs is 1. The normalized spacial score (nSPS) is 10.5. The van der Waals surface area contributed by atoms with Gasteiger partial charge in [0.2, 0.25) is 0 Å². The number of hydrogen-bond donors (Lipinski definition) is 2. The molecule has 0 unspecified atom stereocenters. The molecule has 2 aromatic heterocycles. The highest BCUT2D eigenvalue weighted by molar-refractivity contribution is 7.80. The monoisotopic (exact) mass is 285 g/mol. The summed E-state index contributed by atoms with van der Waals surface area (Å²) >= 11 is 6.75. The average molecular weight is 285 g/mol. The van der Waals surface area contributed by atoms with E-state index in [1.807, 2.05) is 47.2 Å². The van der Waals surface area contributed by atoms with Crippen LogP contribution in [0.3, 0.4) is 0 Å².